The average molecular weight is 594 g/mol. The Balaban J connectivity index is 1.17. The fourth-order valence-corrected chi connectivity index (χ4v) is 8.56. The van der Waals surface area contributed by atoms with Gasteiger partial charge >= 0.3 is 0 Å². The van der Waals surface area contributed by atoms with Crippen LogP contribution in [0.5, 0.6) is 0 Å². The van der Waals surface area contributed by atoms with Crippen LogP contribution in [-0.2, 0) is 0 Å². The Morgan fingerprint density at radius 1 is 0.298 bits per heavy atom. The van der Waals surface area contributed by atoms with Crippen LogP contribution in [0.1, 0.15) is 0 Å². The van der Waals surface area contributed by atoms with Crippen molar-refractivity contribution in [1.29, 1.82) is 0 Å². The van der Waals surface area contributed by atoms with E-state index >= 15 is 0 Å². The second-order valence-electron chi connectivity index (χ2n) is 12.8. The molecule has 47 heavy (non-hydrogen) atoms. The molecular weight excluding hydrogens is 567 g/mol. The third-order valence-electron chi connectivity index (χ3n) is 10.5. The zero-order valence-electron chi connectivity index (χ0n) is 25.5. The average Bonchev–Trinajstić information content (AvgIpc) is 3.66. The van der Waals surface area contributed by atoms with Gasteiger partial charge in [-0.2, -0.15) is 0 Å². The topological polar surface area (TPSA) is 4.93 Å². The van der Waals surface area contributed by atoms with E-state index in [-0.39, 0.29) is 0 Å². The second kappa shape index (κ2) is 9.19. The molecule has 1 nitrogen and oxygen atoms in total. The zero-order valence-corrected chi connectivity index (χ0v) is 25.5. The van der Waals surface area contributed by atoms with Gasteiger partial charge in [-0.05, 0) is 89.3 Å². The minimum Gasteiger partial charge on any atom is -0.309 e. The molecule has 0 saturated carbocycles. The summed E-state index contributed by atoms with van der Waals surface area (Å²) >= 11 is 0. The Hall–Kier alpha value is -6.18. The lowest BCUT2D eigenvalue weighted by atomic mass is 9.93. The molecule has 0 fully saturated rings. The Kier molecular flexibility index (Phi) is 4.90. The number of hydrogen-bond donors (Lipinski definition) is 0. The van der Waals surface area contributed by atoms with Crippen LogP contribution in [0.25, 0.3) is 104 Å². The van der Waals surface area contributed by atoms with Gasteiger partial charge in [-0.15, -0.1) is 0 Å². The molecule has 1 heterocycles. The largest absolute Gasteiger partial charge is 0.309 e. The normalized spacial score (nSPS) is 12.3. The van der Waals surface area contributed by atoms with Crippen molar-refractivity contribution < 1.29 is 0 Å². The number of rotatable bonds is 2. The quantitative estimate of drug-likeness (QED) is 0.176. The van der Waals surface area contributed by atoms with Crippen LogP contribution in [-0.4, -0.2) is 4.57 Å². The molecule has 1 heteroatoms. The van der Waals surface area contributed by atoms with Crippen LogP contribution in [0.2, 0.25) is 0 Å². The maximum atomic E-state index is 2.48. The van der Waals surface area contributed by atoms with Gasteiger partial charge in [0, 0.05) is 21.8 Å². The summed E-state index contributed by atoms with van der Waals surface area (Å²) in [6.07, 6.45) is 0. The summed E-state index contributed by atoms with van der Waals surface area (Å²) in [5.41, 5.74) is 11.5. The number of hydrogen-bond acceptors (Lipinski definition) is 0. The van der Waals surface area contributed by atoms with Crippen LogP contribution in [0, 0.1) is 0 Å². The first kappa shape index (κ1) is 25.1. The number of nitrogens with zero attached hydrogens (tertiary/aromatic N) is 1. The van der Waals surface area contributed by atoms with Crippen LogP contribution in [0.4, 0.5) is 0 Å². The fraction of sp³-hybridized carbons (Fsp3) is 0. The van der Waals surface area contributed by atoms with E-state index in [1.54, 1.807) is 0 Å². The third-order valence-corrected chi connectivity index (χ3v) is 10.5. The minimum atomic E-state index is 1.17. The fourth-order valence-electron chi connectivity index (χ4n) is 8.56. The molecule has 9 aromatic carbocycles. The Bertz CT molecular complexity index is 2910. The summed E-state index contributed by atoms with van der Waals surface area (Å²) in [6.45, 7) is 0. The molecule has 216 valence electrons. The van der Waals surface area contributed by atoms with E-state index < -0.39 is 0 Å². The first-order valence-corrected chi connectivity index (χ1v) is 16.4. The highest BCUT2D eigenvalue weighted by molar-refractivity contribution is 6.36. The van der Waals surface area contributed by atoms with E-state index in [1.165, 1.54) is 104 Å². The molecule has 0 amide bonds. The number of aromatic nitrogens is 1. The number of benzene rings is 9. The van der Waals surface area contributed by atoms with Crippen molar-refractivity contribution in [1.82, 2.24) is 4.57 Å². The maximum Gasteiger partial charge on any atom is 0.0625 e. The lowest BCUT2D eigenvalue weighted by molar-refractivity contribution is 1.19. The standard InChI is InChI=1S/C46H27N/c1-2-11-32-28(10-1)22-25-41-43(32)37-14-5-6-15-39(37)46-45(41)40-16-7-8-19-42(40)47(46)30-23-20-29(21-24-30)31-26-27-38-34-13-4-3-12-33(34)36-18-9-17-35(31)44(36)38/h1-27H. The molecule has 0 aliphatic heterocycles. The molecule has 11 rings (SSSR count). The van der Waals surface area contributed by atoms with Gasteiger partial charge in [-0.3, -0.25) is 0 Å². The van der Waals surface area contributed by atoms with E-state index in [2.05, 4.69) is 168 Å². The van der Waals surface area contributed by atoms with Crippen LogP contribution in [0.3, 0.4) is 0 Å². The summed E-state index contributed by atoms with van der Waals surface area (Å²) in [6, 6.07) is 60.6. The summed E-state index contributed by atoms with van der Waals surface area (Å²) in [5, 5.41) is 13.1. The zero-order chi connectivity index (χ0) is 30.6. The van der Waals surface area contributed by atoms with E-state index in [4.69, 9.17) is 0 Å². The van der Waals surface area contributed by atoms with E-state index in [0.29, 0.717) is 0 Å². The molecule has 0 spiro atoms. The predicted molar refractivity (Wildman–Crippen MR) is 201 cm³/mol. The van der Waals surface area contributed by atoms with Gasteiger partial charge < -0.3 is 4.57 Å². The number of fused-ring (bicyclic) bond motifs is 13. The van der Waals surface area contributed by atoms with Crippen molar-refractivity contribution in [3.63, 3.8) is 0 Å². The van der Waals surface area contributed by atoms with Crippen LogP contribution in [0.15, 0.2) is 164 Å². The lowest BCUT2D eigenvalue weighted by Crippen LogP contribution is -1.95. The van der Waals surface area contributed by atoms with Gasteiger partial charge in [0.1, 0.15) is 0 Å². The first-order valence-electron chi connectivity index (χ1n) is 16.4. The molecule has 0 N–H and O–H groups in total. The molecular formula is C46H27N. The highest BCUT2D eigenvalue weighted by Gasteiger charge is 2.23. The summed E-state index contributed by atoms with van der Waals surface area (Å²) in [7, 11) is 0. The summed E-state index contributed by atoms with van der Waals surface area (Å²) in [4.78, 5) is 0. The second-order valence-corrected chi connectivity index (χ2v) is 12.8. The van der Waals surface area contributed by atoms with Gasteiger partial charge in [-0.1, -0.05) is 146 Å². The van der Waals surface area contributed by atoms with Gasteiger partial charge in [-0.25, -0.2) is 0 Å². The van der Waals surface area contributed by atoms with E-state index in [0.717, 1.165) is 0 Å². The monoisotopic (exact) mass is 593 g/mol. The van der Waals surface area contributed by atoms with Crippen molar-refractivity contribution >= 4 is 64.9 Å². The number of para-hydroxylation sites is 1. The molecule has 0 radical (unpaired) electrons. The van der Waals surface area contributed by atoms with Crippen LogP contribution >= 0.6 is 0 Å². The van der Waals surface area contributed by atoms with E-state index in [9.17, 15) is 0 Å². The highest BCUT2D eigenvalue weighted by Crippen LogP contribution is 2.49. The molecule has 10 aromatic rings. The Labute approximate surface area is 271 Å². The van der Waals surface area contributed by atoms with Gasteiger partial charge in [0.05, 0.1) is 11.0 Å². The Morgan fingerprint density at radius 3 is 1.74 bits per heavy atom. The molecule has 0 bridgehead atoms. The summed E-state index contributed by atoms with van der Waals surface area (Å²) in [5.74, 6) is 0. The SMILES string of the molecule is c1ccc2c(c1)-c1cccc3c(-c4ccc(-n5c6ccccc6c6c7ccc8ccccc8c7c7ccccc7c65)cc4)ccc-2c13. The third kappa shape index (κ3) is 3.28. The molecule has 1 aromatic heterocycles. The summed E-state index contributed by atoms with van der Waals surface area (Å²) < 4.78 is 2.48. The first-order chi connectivity index (χ1) is 23.3. The Morgan fingerprint density at radius 2 is 0.915 bits per heavy atom. The van der Waals surface area contributed by atoms with Crippen molar-refractivity contribution in [2.75, 3.05) is 0 Å². The molecule has 1 aliphatic carbocycles. The lowest BCUT2D eigenvalue weighted by Gasteiger charge is -2.14. The molecule has 1 aliphatic rings. The van der Waals surface area contributed by atoms with Gasteiger partial charge in [0.25, 0.3) is 0 Å². The minimum absolute atomic E-state index is 1.17. The van der Waals surface area contributed by atoms with Crippen molar-refractivity contribution in [2.45, 2.75) is 0 Å². The highest BCUT2D eigenvalue weighted by atomic mass is 15.0. The van der Waals surface area contributed by atoms with Crippen molar-refractivity contribution in [2.24, 2.45) is 0 Å². The van der Waals surface area contributed by atoms with Crippen molar-refractivity contribution in [3.05, 3.63) is 164 Å². The molecule has 0 saturated heterocycles. The maximum absolute atomic E-state index is 2.48. The molecule has 0 atom stereocenters. The molecule has 0 unspecified atom stereocenters. The van der Waals surface area contributed by atoms with Gasteiger partial charge in [0.15, 0.2) is 0 Å². The van der Waals surface area contributed by atoms with Crippen molar-refractivity contribution in [3.8, 4) is 39.1 Å². The predicted octanol–water partition coefficient (Wildman–Crippen LogP) is 12.7. The smallest absolute Gasteiger partial charge is 0.0625 e. The van der Waals surface area contributed by atoms with Crippen LogP contribution < -0.4 is 0 Å². The van der Waals surface area contributed by atoms with Gasteiger partial charge in [0.2, 0.25) is 0 Å². The van der Waals surface area contributed by atoms with E-state index in [1.807, 2.05) is 0 Å².